The maximum atomic E-state index is 13.3. The summed E-state index contributed by atoms with van der Waals surface area (Å²) >= 11 is 0. The molecule has 0 bridgehead atoms. The van der Waals surface area contributed by atoms with Crippen LogP contribution in [-0.2, 0) is 0 Å². The summed E-state index contributed by atoms with van der Waals surface area (Å²) in [6.07, 6.45) is 1.40. The minimum Gasteiger partial charge on any atom is -0.390 e. The second-order valence-corrected chi connectivity index (χ2v) is 6.25. The Morgan fingerprint density at radius 3 is 2.65 bits per heavy atom. The maximum absolute atomic E-state index is 13.3. The highest BCUT2D eigenvalue weighted by molar-refractivity contribution is 5.94. The first-order valence-electron chi connectivity index (χ1n) is 7.99. The van der Waals surface area contributed by atoms with Gasteiger partial charge in [-0.1, -0.05) is 13.3 Å². The smallest absolute Gasteiger partial charge is 0.253 e. The molecule has 1 fully saturated rings. The van der Waals surface area contributed by atoms with Crippen molar-refractivity contribution in [2.75, 3.05) is 20.1 Å². The number of carbonyl (C=O) groups excluding carboxylic acids is 1. The quantitative estimate of drug-likeness (QED) is 0.872. The molecule has 23 heavy (non-hydrogen) atoms. The molecule has 0 unspecified atom stereocenters. The first-order chi connectivity index (χ1) is 10.8. The van der Waals surface area contributed by atoms with Crippen LogP contribution >= 0.6 is 0 Å². The molecule has 1 aliphatic heterocycles. The normalized spacial score (nSPS) is 22.5. The molecule has 1 saturated heterocycles. The van der Waals surface area contributed by atoms with E-state index in [-0.39, 0.29) is 29.7 Å². The Labute approximate surface area is 135 Å². The number of aliphatic hydroxyl groups excluding tert-OH is 1. The number of aliphatic hydroxyl groups is 1. The molecule has 1 aromatic rings. The van der Waals surface area contributed by atoms with Crippen LogP contribution < -0.4 is 0 Å². The molecule has 0 aromatic heterocycles. The highest BCUT2D eigenvalue weighted by Gasteiger charge is 2.36. The Kier molecular flexibility index (Phi) is 5.70. The number of hydrogen-bond acceptors (Lipinski definition) is 3. The van der Waals surface area contributed by atoms with Gasteiger partial charge in [-0.25, -0.2) is 8.78 Å². The zero-order valence-corrected chi connectivity index (χ0v) is 13.8. The third-order valence-corrected chi connectivity index (χ3v) is 4.66. The molecule has 0 saturated carbocycles. The van der Waals surface area contributed by atoms with Gasteiger partial charge in [0.15, 0.2) is 11.6 Å². The van der Waals surface area contributed by atoms with Crippen LogP contribution in [0.1, 0.15) is 37.0 Å². The van der Waals surface area contributed by atoms with Crippen LogP contribution in [0.15, 0.2) is 18.2 Å². The summed E-state index contributed by atoms with van der Waals surface area (Å²) in [7, 11) is 1.69. The number of benzene rings is 1. The summed E-state index contributed by atoms with van der Waals surface area (Å²) in [5.74, 6) is -2.30. The van der Waals surface area contributed by atoms with Gasteiger partial charge in [-0.3, -0.25) is 9.69 Å². The lowest BCUT2D eigenvalue weighted by Crippen LogP contribution is -2.61. The highest BCUT2D eigenvalue weighted by Crippen LogP contribution is 2.21. The monoisotopic (exact) mass is 326 g/mol. The van der Waals surface area contributed by atoms with E-state index < -0.39 is 11.6 Å². The molecule has 0 radical (unpaired) electrons. The molecule has 128 valence electrons. The number of amides is 1. The Hall–Kier alpha value is -1.53. The number of likely N-dealkylation sites (tertiary alicyclic amines) is 1. The number of β-amino-alcohol motifs (C(OH)–C–C–N with tert-alkyl or cyclic N) is 1. The minimum absolute atomic E-state index is 0.0319. The summed E-state index contributed by atoms with van der Waals surface area (Å²) in [6.45, 7) is 5.26. The molecular weight excluding hydrogens is 302 g/mol. The van der Waals surface area contributed by atoms with Gasteiger partial charge in [0, 0.05) is 37.8 Å². The van der Waals surface area contributed by atoms with E-state index in [0.717, 1.165) is 25.0 Å². The molecule has 6 heteroatoms. The molecule has 0 aliphatic carbocycles. The van der Waals surface area contributed by atoms with Gasteiger partial charge in [-0.2, -0.15) is 0 Å². The number of halogens is 2. The van der Waals surface area contributed by atoms with Crippen molar-refractivity contribution in [1.29, 1.82) is 0 Å². The Balaban J connectivity index is 2.08. The van der Waals surface area contributed by atoms with Crippen LogP contribution in [0.2, 0.25) is 0 Å². The maximum Gasteiger partial charge on any atom is 0.253 e. The largest absolute Gasteiger partial charge is 0.390 e. The molecular formula is C17H24F2N2O2. The fourth-order valence-corrected chi connectivity index (χ4v) is 2.92. The fraction of sp³-hybridized carbons (Fsp3) is 0.588. The minimum atomic E-state index is -1.02. The van der Waals surface area contributed by atoms with Crippen molar-refractivity contribution < 1.29 is 18.7 Å². The van der Waals surface area contributed by atoms with Gasteiger partial charge < -0.3 is 10.0 Å². The van der Waals surface area contributed by atoms with Gasteiger partial charge in [-0.05, 0) is 31.5 Å². The predicted molar refractivity (Wildman–Crippen MR) is 84.2 cm³/mol. The number of likely N-dealkylation sites (N-methyl/N-ethyl adjacent to an activating group) is 1. The molecule has 1 amide bonds. The fourth-order valence-electron chi connectivity index (χ4n) is 2.92. The van der Waals surface area contributed by atoms with Crippen molar-refractivity contribution in [3.63, 3.8) is 0 Å². The molecule has 2 rings (SSSR count). The second kappa shape index (κ2) is 7.36. The number of carbonyl (C=O) groups is 1. The van der Waals surface area contributed by atoms with Gasteiger partial charge >= 0.3 is 0 Å². The number of nitrogens with zero attached hydrogens (tertiary/aromatic N) is 2. The Morgan fingerprint density at radius 2 is 2.13 bits per heavy atom. The average Bonchev–Trinajstić information content (AvgIpc) is 2.54. The van der Waals surface area contributed by atoms with E-state index in [2.05, 4.69) is 4.90 Å². The third kappa shape index (κ3) is 3.87. The Morgan fingerprint density at radius 1 is 1.43 bits per heavy atom. The number of rotatable bonds is 6. The molecule has 3 atom stereocenters. The average molecular weight is 326 g/mol. The van der Waals surface area contributed by atoms with Crippen molar-refractivity contribution in [2.24, 2.45) is 0 Å². The van der Waals surface area contributed by atoms with Crippen LogP contribution in [-0.4, -0.2) is 59.1 Å². The molecule has 4 nitrogen and oxygen atoms in total. The molecule has 1 N–H and O–H groups in total. The Bertz CT molecular complexity index is 568. The standard InChI is InChI=1S/C17H24F2N2O2/c1-4-5-13(9-21-10-16(22)11(21)2)20(3)17(23)12-6-7-14(18)15(19)8-12/h6-8,11,13,16,22H,4-5,9-10H2,1-3H3/t11-,13+,16+/m1/s1. The van der Waals surface area contributed by atoms with E-state index in [1.807, 2.05) is 13.8 Å². The zero-order chi connectivity index (χ0) is 17.1. The first-order valence-corrected chi connectivity index (χ1v) is 7.99. The van der Waals surface area contributed by atoms with Gasteiger partial charge in [0.1, 0.15) is 0 Å². The summed E-state index contributed by atoms with van der Waals surface area (Å²) in [5, 5.41) is 9.61. The van der Waals surface area contributed by atoms with Crippen LogP contribution in [0, 0.1) is 11.6 Å². The van der Waals surface area contributed by atoms with Crippen molar-refractivity contribution in [3.8, 4) is 0 Å². The van der Waals surface area contributed by atoms with Crippen molar-refractivity contribution >= 4 is 5.91 Å². The van der Waals surface area contributed by atoms with Gasteiger partial charge in [0.05, 0.1) is 6.10 Å². The van der Waals surface area contributed by atoms with Crippen LogP contribution in [0.25, 0.3) is 0 Å². The number of hydrogen-bond donors (Lipinski definition) is 1. The molecule has 1 aromatic carbocycles. The van der Waals surface area contributed by atoms with Crippen molar-refractivity contribution in [2.45, 2.75) is 44.9 Å². The summed E-state index contributed by atoms with van der Waals surface area (Å²) < 4.78 is 26.4. The lowest BCUT2D eigenvalue weighted by molar-refractivity contribution is -0.0614. The molecule has 1 aliphatic rings. The lowest BCUT2D eigenvalue weighted by atomic mass is 9.98. The zero-order valence-electron chi connectivity index (χ0n) is 13.8. The van der Waals surface area contributed by atoms with E-state index in [1.165, 1.54) is 6.07 Å². The van der Waals surface area contributed by atoms with E-state index in [1.54, 1.807) is 11.9 Å². The summed E-state index contributed by atoms with van der Waals surface area (Å²) in [5.41, 5.74) is 0.143. The lowest BCUT2D eigenvalue weighted by Gasteiger charge is -2.46. The van der Waals surface area contributed by atoms with Gasteiger partial charge in [-0.15, -0.1) is 0 Å². The molecule has 0 spiro atoms. The van der Waals surface area contributed by atoms with E-state index >= 15 is 0 Å². The van der Waals surface area contributed by atoms with Crippen molar-refractivity contribution in [1.82, 2.24) is 9.80 Å². The van der Waals surface area contributed by atoms with E-state index in [4.69, 9.17) is 0 Å². The van der Waals surface area contributed by atoms with Gasteiger partial charge in [0.25, 0.3) is 5.91 Å². The van der Waals surface area contributed by atoms with Crippen LogP contribution in [0.5, 0.6) is 0 Å². The van der Waals surface area contributed by atoms with Crippen LogP contribution in [0.4, 0.5) is 8.78 Å². The second-order valence-electron chi connectivity index (χ2n) is 6.25. The topological polar surface area (TPSA) is 43.8 Å². The van der Waals surface area contributed by atoms with E-state index in [9.17, 15) is 18.7 Å². The van der Waals surface area contributed by atoms with E-state index in [0.29, 0.717) is 13.1 Å². The molecule has 1 heterocycles. The van der Waals surface area contributed by atoms with Gasteiger partial charge in [0.2, 0.25) is 0 Å². The summed E-state index contributed by atoms with van der Waals surface area (Å²) in [4.78, 5) is 16.2. The third-order valence-electron chi connectivity index (χ3n) is 4.66. The highest BCUT2D eigenvalue weighted by atomic mass is 19.2. The first kappa shape index (κ1) is 17.8. The predicted octanol–water partition coefficient (Wildman–Crippen LogP) is 2.27. The van der Waals surface area contributed by atoms with Crippen molar-refractivity contribution in [3.05, 3.63) is 35.4 Å². The summed E-state index contributed by atoms with van der Waals surface area (Å²) in [6, 6.07) is 3.26. The SMILES string of the molecule is CCC[C@@H](CN1C[C@H](O)[C@H]1C)N(C)C(=O)c1ccc(F)c(F)c1. The van der Waals surface area contributed by atoms with Crippen LogP contribution in [0.3, 0.4) is 0 Å².